The van der Waals surface area contributed by atoms with E-state index in [0.717, 1.165) is 45.4 Å². The molecule has 328 valence electrons. The van der Waals surface area contributed by atoms with Gasteiger partial charge in [0.05, 0.1) is 16.8 Å². The van der Waals surface area contributed by atoms with Crippen LogP contribution in [0.2, 0.25) is 0 Å². The molecule has 1 aromatic heterocycles. The molecule has 2 nitrogen and oxygen atoms in total. The number of furan rings is 1. The Kier molecular flexibility index (Phi) is 7.95. The third-order valence-electron chi connectivity index (χ3n) is 17.0. The van der Waals surface area contributed by atoms with Crippen molar-refractivity contribution in [3.8, 4) is 44.5 Å². The summed E-state index contributed by atoms with van der Waals surface area (Å²) in [6, 6.07) is 71.5. The molecule has 0 unspecified atom stereocenters. The lowest BCUT2D eigenvalue weighted by Gasteiger charge is -2.42. The van der Waals surface area contributed by atoms with Gasteiger partial charge in [-0.05, 0) is 144 Å². The van der Waals surface area contributed by atoms with Gasteiger partial charge >= 0.3 is 0 Å². The highest BCUT2D eigenvalue weighted by Gasteiger charge is 2.52. The van der Waals surface area contributed by atoms with Crippen molar-refractivity contribution >= 4 is 39.0 Å². The Morgan fingerprint density at radius 3 is 1.62 bits per heavy atom. The summed E-state index contributed by atoms with van der Waals surface area (Å²) in [7, 11) is 0. The van der Waals surface area contributed by atoms with E-state index in [0.29, 0.717) is 0 Å². The van der Waals surface area contributed by atoms with Crippen molar-refractivity contribution in [2.75, 3.05) is 4.90 Å². The first-order chi connectivity index (χ1) is 33.0. The lowest BCUT2D eigenvalue weighted by Crippen LogP contribution is -2.33. The monoisotopic (exact) mass is 875 g/mol. The van der Waals surface area contributed by atoms with Gasteiger partial charge in [0.2, 0.25) is 0 Å². The molecule has 0 bridgehead atoms. The molecular weight excluding hydrogens is 823 g/mol. The molecule has 4 aliphatic rings. The van der Waals surface area contributed by atoms with Crippen LogP contribution in [0.4, 0.5) is 17.1 Å². The normalized spacial score (nSPS) is 16.7. The number of hydrogen-bond acceptors (Lipinski definition) is 2. The summed E-state index contributed by atoms with van der Waals surface area (Å²) >= 11 is 0. The maximum absolute atomic E-state index is 7.05. The van der Waals surface area contributed by atoms with Crippen LogP contribution < -0.4 is 4.90 Å². The smallest absolute Gasteiger partial charge is 0.159 e. The maximum Gasteiger partial charge on any atom is 0.159 e. The van der Waals surface area contributed by atoms with Gasteiger partial charge in [-0.3, -0.25) is 0 Å². The fourth-order valence-corrected chi connectivity index (χ4v) is 13.4. The molecule has 0 N–H and O–H groups in total. The predicted molar refractivity (Wildman–Crippen MR) is 283 cm³/mol. The van der Waals surface area contributed by atoms with Gasteiger partial charge in [-0.15, -0.1) is 0 Å². The van der Waals surface area contributed by atoms with Gasteiger partial charge in [0, 0.05) is 27.4 Å². The summed E-state index contributed by atoms with van der Waals surface area (Å²) in [6.07, 6.45) is 2.32. The maximum atomic E-state index is 7.05. The van der Waals surface area contributed by atoms with Crippen LogP contribution in [-0.4, -0.2) is 0 Å². The Morgan fingerprint density at radius 1 is 0.368 bits per heavy atom. The predicted octanol–water partition coefficient (Wildman–Crippen LogP) is 17.7. The summed E-state index contributed by atoms with van der Waals surface area (Å²) in [5.74, 6) is 0. The number of nitrogens with zero attached hydrogens (tertiary/aromatic N) is 1. The Bertz CT molecular complexity index is 3750. The molecule has 0 amide bonds. The minimum Gasteiger partial charge on any atom is -0.454 e. The van der Waals surface area contributed by atoms with Crippen molar-refractivity contribution in [1.82, 2.24) is 0 Å². The SMILES string of the molecule is CC1(C)CCC(C)(C)c2cc(-c3cc4c(cc3N(c3ccc5c(c3)C(C)(C)c3ccccc3-5)c3cccc5c3oc3ccccc35)C3(c5ccccc5-c5ccccc53)c3ccccc3-4)ccc21. The Morgan fingerprint density at radius 2 is 0.926 bits per heavy atom. The molecular formula is C66H53NO. The van der Waals surface area contributed by atoms with Crippen molar-refractivity contribution in [3.05, 3.63) is 233 Å². The van der Waals surface area contributed by atoms with E-state index in [1.807, 2.05) is 0 Å². The molecule has 14 rings (SSSR count). The van der Waals surface area contributed by atoms with E-state index >= 15 is 0 Å². The van der Waals surface area contributed by atoms with Crippen LogP contribution in [0.15, 0.2) is 192 Å². The van der Waals surface area contributed by atoms with Crippen LogP contribution in [0.1, 0.15) is 98.9 Å². The molecule has 0 radical (unpaired) electrons. The van der Waals surface area contributed by atoms with E-state index in [1.165, 1.54) is 95.4 Å². The quantitative estimate of drug-likeness (QED) is 0.175. The average molecular weight is 876 g/mol. The molecule has 2 heteroatoms. The molecule has 0 fully saturated rings. The van der Waals surface area contributed by atoms with E-state index < -0.39 is 5.41 Å². The van der Waals surface area contributed by atoms with Crippen molar-refractivity contribution in [1.29, 1.82) is 0 Å². The second kappa shape index (κ2) is 13.6. The Labute approximate surface area is 399 Å². The van der Waals surface area contributed by atoms with Crippen LogP contribution in [0.25, 0.3) is 66.4 Å². The topological polar surface area (TPSA) is 16.4 Å². The molecule has 0 saturated heterocycles. The van der Waals surface area contributed by atoms with Crippen molar-refractivity contribution < 1.29 is 4.42 Å². The van der Waals surface area contributed by atoms with Crippen LogP contribution in [0.3, 0.4) is 0 Å². The summed E-state index contributed by atoms with van der Waals surface area (Å²) < 4.78 is 7.05. The van der Waals surface area contributed by atoms with Gasteiger partial charge in [-0.1, -0.05) is 193 Å². The van der Waals surface area contributed by atoms with Gasteiger partial charge in [0.15, 0.2) is 5.58 Å². The third-order valence-corrected chi connectivity index (χ3v) is 17.0. The summed E-state index contributed by atoms with van der Waals surface area (Å²) in [4.78, 5) is 2.55. The van der Waals surface area contributed by atoms with Gasteiger partial charge in [0.1, 0.15) is 5.58 Å². The number of benzene rings is 9. The number of fused-ring (bicyclic) bond motifs is 17. The largest absolute Gasteiger partial charge is 0.454 e. The Balaban J connectivity index is 1.13. The van der Waals surface area contributed by atoms with Crippen LogP contribution in [-0.2, 0) is 21.7 Å². The minimum atomic E-state index is -0.521. The molecule has 4 aliphatic carbocycles. The second-order valence-corrected chi connectivity index (χ2v) is 21.8. The van der Waals surface area contributed by atoms with E-state index in [1.54, 1.807) is 0 Å². The zero-order valence-corrected chi connectivity index (χ0v) is 39.7. The van der Waals surface area contributed by atoms with E-state index in [4.69, 9.17) is 4.42 Å². The molecule has 1 heterocycles. The Hall–Kier alpha value is -7.42. The average Bonchev–Trinajstić information content (AvgIpc) is 4.05. The number of para-hydroxylation sites is 2. The first-order valence-electron chi connectivity index (χ1n) is 24.5. The minimum absolute atomic E-state index is 0.0335. The first-order valence-corrected chi connectivity index (χ1v) is 24.5. The molecule has 0 saturated carbocycles. The molecule has 1 spiro atoms. The molecule has 9 aromatic carbocycles. The van der Waals surface area contributed by atoms with Crippen molar-refractivity contribution in [2.45, 2.75) is 76.0 Å². The number of anilines is 3. The molecule has 0 aliphatic heterocycles. The molecule has 68 heavy (non-hydrogen) atoms. The standard InChI is InChI=1S/C66H53NO/c1-63(2)34-35-64(3,4)58-36-40(30-33-55(58)63)49-38-50-45-21-10-15-27-54(45)66(52-25-13-8-19-43(52)44-20-9-14-26-53(44)66)57(50)39-60(49)67(59-28-17-23-48-47-22-11-16-29-61(47)68-62(48)59)41-31-32-46-42-18-7-12-24-51(42)65(5,6)56(46)37-41/h7-33,36-39H,34-35H2,1-6H3. The van der Waals surface area contributed by atoms with Crippen molar-refractivity contribution in [2.24, 2.45) is 0 Å². The van der Waals surface area contributed by atoms with E-state index in [9.17, 15) is 0 Å². The highest BCUT2D eigenvalue weighted by Crippen LogP contribution is 2.65. The van der Waals surface area contributed by atoms with Gasteiger partial charge in [-0.2, -0.15) is 0 Å². The van der Waals surface area contributed by atoms with Gasteiger partial charge in [-0.25, -0.2) is 0 Å². The zero-order chi connectivity index (χ0) is 45.9. The number of rotatable bonds is 4. The third kappa shape index (κ3) is 5.13. The lowest BCUT2D eigenvalue weighted by molar-refractivity contribution is 0.332. The van der Waals surface area contributed by atoms with Gasteiger partial charge < -0.3 is 9.32 Å². The summed E-state index contributed by atoms with van der Waals surface area (Å²) in [5.41, 5.74) is 25.6. The molecule has 0 atom stereocenters. The van der Waals surface area contributed by atoms with Crippen LogP contribution in [0, 0.1) is 0 Å². The molecule has 10 aromatic rings. The highest BCUT2D eigenvalue weighted by atomic mass is 16.3. The van der Waals surface area contributed by atoms with Gasteiger partial charge in [0.25, 0.3) is 0 Å². The summed E-state index contributed by atoms with van der Waals surface area (Å²) in [6.45, 7) is 14.5. The first kappa shape index (κ1) is 39.7. The second-order valence-electron chi connectivity index (χ2n) is 21.8. The lowest BCUT2D eigenvalue weighted by atomic mass is 9.63. The highest BCUT2D eigenvalue weighted by molar-refractivity contribution is 6.11. The number of hydrogen-bond donors (Lipinski definition) is 0. The van der Waals surface area contributed by atoms with Crippen LogP contribution in [0.5, 0.6) is 0 Å². The fraction of sp³-hybridized carbons (Fsp3) is 0.182. The van der Waals surface area contributed by atoms with E-state index in [2.05, 4.69) is 234 Å². The zero-order valence-electron chi connectivity index (χ0n) is 39.7. The van der Waals surface area contributed by atoms with E-state index in [-0.39, 0.29) is 16.2 Å². The fourth-order valence-electron chi connectivity index (χ4n) is 13.4. The summed E-state index contributed by atoms with van der Waals surface area (Å²) in [5, 5.41) is 2.23. The van der Waals surface area contributed by atoms with Crippen molar-refractivity contribution in [3.63, 3.8) is 0 Å². The van der Waals surface area contributed by atoms with Crippen LogP contribution >= 0.6 is 0 Å².